The van der Waals surface area contributed by atoms with Gasteiger partial charge in [-0.2, -0.15) is 0 Å². The molecule has 1 aliphatic heterocycles. The van der Waals surface area contributed by atoms with Crippen molar-refractivity contribution in [3.63, 3.8) is 0 Å². The second-order valence-corrected chi connectivity index (χ2v) is 2.42. The second-order valence-electron chi connectivity index (χ2n) is 2.42. The first-order valence-electron chi connectivity index (χ1n) is 3.10. The zero-order valence-corrected chi connectivity index (χ0v) is 5.94. The van der Waals surface area contributed by atoms with E-state index in [0.29, 0.717) is 0 Å². The molecule has 1 heterocycles. The Hall–Kier alpha value is -0.850. The third kappa shape index (κ3) is 1.28. The van der Waals surface area contributed by atoms with Crippen LogP contribution in [-0.4, -0.2) is 5.71 Å². The summed E-state index contributed by atoms with van der Waals surface area (Å²) in [6.45, 7) is 7.81. The summed E-state index contributed by atoms with van der Waals surface area (Å²) in [6.07, 6.45) is 3.11. The summed E-state index contributed by atoms with van der Waals surface area (Å²) in [4.78, 5) is 4.27. The van der Waals surface area contributed by atoms with Crippen molar-refractivity contribution in [1.82, 2.24) is 0 Å². The van der Waals surface area contributed by atoms with Crippen LogP contribution in [-0.2, 0) is 0 Å². The third-order valence-corrected chi connectivity index (χ3v) is 1.34. The molecule has 1 rings (SSSR count). The van der Waals surface area contributed by atoms with E-state index >= 15 is 0 Å². The number of aliphatic imine (C=N–C) groups is 1. The van der Waals surface area contributed by atoms with Gasteiger partial charge in [0.1, 0.15) is 0 Å². The number of nitrogens with zero attached hydrogens (tertiary/aromatic N) is 1. The Morgan fingerprint density at radius 3 is 2.67 bits per heavy atom. The maximum Gasteiger partial charge on any atom is 0.0616 e. The van der Waals surface area contributed by atoms with E-state index in [4.69, 9.17) is 0 Å². The van der Waals surface area contributed by atoms with E-state index < -0.39 is 0 Å². The Kier molecular flexibility index (Phi) is 1.52. The molecular weight excluding hydrogens is 110 g/mol. The smallest absolute Gasteiger partial charge is 0.0616 e. The molecule has 0 saturated carbocycles. The number of hydrogen-bond donors (Lipinski definition) is 0. The van der Waals surface area contributed by atoms with E-state index in [2.05, 4.69) is 17.6 Å². The molecule has 1 heteroatoms. The Labute approximate surface area is 55.8 Å². The van der Waals surface area contributed by atoms with Crippen molar-refractivity contribution in [2.45, 2.75) is 20.3 Å². The minimum atomic E-state index is 1.00. The van der Waals surface area contributed by atoms with E-state index in [1.807, 2.05) is 13.8 Å². The van der Waals surface area contributed by atoms with Gasteiger partial charge in [0, 0.05) is 12.1 Å². The predicted octanol–water partition coefficient (Wildman–Crippen LogP) is 2.31. The maximum atomic E-state index is 4.27. The summed E-state index contributed by atoms with van der Waals surface area (Å²) in [5.74, 6) is 0. The highest BCUT2D eigenvalue weighted by Gasteiger charge is 2.02. The van der Waals surface area contributed by atoms with Gasteiger partial charge in [-0.25, -0.2) is 0 Å². The van der Waals surface area contributed by atoms with Crippen LogP contribution in [0.3, 0.4) is 0 Å². The van der Waals surface area contributed by atoms with Gasteiger partial charge in [-0.3, -0.25) is 4.99 Å². The average molecular weight is 121 g/mol. The average Bonchev–Trinajstić information content (AvgIpc) is 2.14. The van der Waals surface area contributed by atoms with Crippen molar-refractivity contribution in [2.75, 3.05) is 0 Å². The highest BCUT2D eigenvalue weighted by atomic mass is 14.8. The first-order valence-corrected chi connectivity index (χ1v) is 3.10. The van der Waals surface area contributed by atoms with Crippen LogP contribution < -0.4 is 0 Å². The van der Waals surface area contributed by atoms with Gasteiger partial charge >= 0.3 is 0 Å². The van der Waals surface area contributed by atoms with E-state index in [9.17, 15) is 0 Å². The van der Waals surface area contributed by atoms with Crippen LogP contribution in [0, 0.1) is 0 Å². The zero-order valence-electron chi connectivity index (χ0n) is 5.94. The molecule has 0 N–H and O–H groups in total. The Morgan fingerprint density at radius 2 is 2.44 bits per heavy atom. The predicted molar refractivity (Wildman–Crippen MR) is 40.6 cm³/mol. The van der Waals surface area contributed by atoms with Crippen LogP contribution in [0.1, 0.15) is 20.3 Å². The molecule has 0 fully saturated rings. The minimum absolute atomic E-state index is 1.00. The van der Waals surface area contributed by atoms with Crippen molar-refractivity contribution in [1.29, 1.82) is 0 Å². The summed E-state index contributed by atoms with van der Waals surface area (Å²) in [6, 6.07) is 0. The molecule has 0 aromatic rings. The summed E-state index contributed by atoms with van der Waals surface area (Å²) >= 11 is 0. The van der Waals surface area contributed by atoms with Crippen molar-refractivity contribution in [2.24, 2.45) is 4.99 Å². The van der Waals surface area contributed by atoms with Crippen molar-refractivity contribution < 1.29 is 0 Å². The molecule has 0 unspecified atom stereocenters. The lowest BCUT2D eigenvalue weighted by molar-refractivity contribution is 1.32. The van der Waals surface area contributed by atoms with Crippen molar-refractivity contribution in [3.05, 3.63) is 23.9 Å². The molecule has 0 amide bonds. The van der Waals surface area contributed by atoms with Crippen LogP contribution in [0.25, 0.3) is 0 Å². The van der Waals surface area contributed by atoms with E-state index in [-0.39, 0.29) is 0 Å². The highest BCUT2D eigenvalue weighted by molar-refractivity contribution is 5.87. The largest absolute Gasteiger partial charge is 0.258 e. The van der Waals surface area contributed by atoms with Gasteiger partial charge < -0.3 is 0 Å². The van der Waals surface area contributed by atoms with Gasteiger partial charge in [0.2, 0.25) is 0 Å². The summed E-state index contributed by atoms with van der Waals surface area (Å²) in [5.41, 5.74) is 3.31. The molecule has 48 valence electrons. The van der Waals surface area contributed by atoms with Crippen LogP contribution in [0.15, 0.2) is 28.9 Å². The maximum absolute atomic E-state index is 4.27. The molecule has 0 spiro atoms. The summed E-state index contributed by atoms with van der Waals surface area (Å²) in [5, 5.41) is 0. The van der Waals surface area contributed by atoms with Gasteiger partial charge in [0.05, 0.1) is 5.70 Å². The van der Waals surface area contributed by atoms with Crippen molar-refractivity contribution in [3.8, 4) is 0 Å². The van der Waals surface area contributed by atoms with Gasteiger partial charge in [-0.05, 0) is 19.4 Å². The fourth-order valence-electron chi connectivity index (χ4n) is 0.811. The number of allylic oxidation sites excluding steroid dienone is 2. The third-order valence-electron chi connectivity index (χ3n) is 1.34. The van der Waals surface area contributed by atoms with Gasteiger partial charge in [-0.1, -0.05) is 12.7 Å². The monoisotopic (exact) mass is 121 g/mol. The lowest BCUT2D eigenvalue weighted by atomic mass is 10.2. The van der Waals surface area contributed by atoms with Gasteiger partial charge in [0.25, 0.3) is 0 Å². The Balaban J connectivity index is 2.75. The van der Waals surface area contributed by atoms with Crippen LogP contribution >= 0.6 is 0 Å². The molecule has 1 nitrogen and oxygen atoms in total. The first-order chi connectivity index (χ1) is 4.20. The van der Waals surface area contributed by atoms with Crippen molar-refractivity contribution >= 4 is 5.71 Å². The molecule has 0 radical (unpaired) electrons. The SMILES string of the molecule is C=C(C)C1=CCC(C)=N1. The van der Waals surface area contributed by atoms with E-state index in [1.165, 1.54) is 5.71 Å². The fourth-order valence-corrected chi connectivity index (χ4v) is 0.811. The molecule has 9 heavy (non-hydrogen) atoms. The molecule has 1 aliphatic rings. The normalized spacial score (nSPS) is 17.1. The zero-order chi connectivity index (χ0) is 6.85. The molecule has 0 aliphatic carbocycles. The minimum Gasteiger partial charge on any atom is -0.258 e. The first kappa shape index (κ1) is 6.27. The molecular formula is C8H11N. The Bertz CT molecular complexity index is 197. The molecule has 0 aromatic carbocycles. The van der Waals surface area contributed by atoms with Crippen LogP contribution in [0.2, 0.25) is 0 Å². The molecule has 0 saturated heterocycles. The van der Waals surface area contributed by atoms with E-state index in [0.717, 1.165) is 17.7 Å². The lowest BCUT2D eigenvalue weighted by Crippen LogP contribution is -1.79. The molecule has 0 atom stereocenters. The number of hydrogen-bond acceptors (Lipinski definition) is 1. The van der Waals surface area contributed by atoms with Crippen LogP contribution in [0.4, 0.5) is 0 Å². The second kappa shape index (κ2) is 2.18. The fraction of sp³-hybridized carbons (Fsp3) is 0.375. The van der Waals surface area contributed by atoms with Gasteiger partial charge in [0.15, 0.2) is 0 Å². The van der Waals surface area contributed by atoms with Crippen LogP contribution in [0.5, 0.6) is 0 Å². The Morgan fingerprint density at radius 1 is 1.78 bits per heavy atom. The number of rotatable bonds is 1. The van der Waals surface area contributed by atoms with Gasteiger partial charge in [-0.15, -0.1) is 0 Å². The highest BCUT2D eigenvalue weighted by Crippen LogP contribution is 2.15. The quantitative estimate of drug-likeness (QED) is 0.504. The van der Waals surface area contributed by atoms with E-state index in [1.54, 1.807) is 0 Å². The topological polar surface area (TPSA) is 12.4 Å². The molecule has 0 bridgehead atoms. The summed E-state index contributed by atoms with van der Waals surface area (Å²) in [7, 11) is 0. The molecule has 0 aromatic heterocycles. The lowest BCUT2D eigenvalue weighted by Gasteiger charge is -1.91. The standard InChI is InChI=1S/C8H11N/c1-6(2)8-5-4-7(3)9-8/h5H,1,4H2,2-3H3. The summed E-state index contributed by atoms with van der Waals surface area (Å²) < 4.78 is 0.